The standard InChI is InChI=1S/C17H16N4O2/c1-12(15-4-2-3-9-18-15)23-17(22)14-7-5-13(6-8-14)10-16-19-11-20-21-16/h2-9,11-12H,10H2,1H3,(H,19,20,21)/t12-/m0/s1. The second-order valence-electron chi connectivity index (χ2n) is 5.11. The number of hydrogen-bond acceptors (Lipinski definition) is 5. The summed E-state index contributed by atoms with van der Waals surface area (Å²) in [6, 6.07) is 12.8. The molecule has 0 amide bonds. The Bertz CT molecular complexity index is 755. The third kappa shape index (κ3) is 3.79. The van der Waals surface area contributed by atoms with Crippen LogP contribution in [0.15, 0.2) is 55.0 Å². The molecule has 6 heteroatoms. The fraction of sp³-hybridized carbons (Fsp3) is 0.176. The van der Waals surface area contributed by atoms with Gasteiger partial charge in [-0.25, -0.2) is 9.78 Å². The summed E-state index contributed by atoms with van der Waals surface area (Å²) in [6.07, 6.45) is 3.40. The summed E-state index contributed by atoms with van der Waals surface area (Å²) < 4.78 is 5.44. The molecule has 3 rings (SSSR count). The molecule has 1 N–H and O–H groups in total. The van der Waals surface area contributed by atoms with Crippen molar-refractivity contribution < 1.29 is 9.53 Å². The maximum atomic E-state index is 12.2. The molecule has 0 unspecified atom stereocenters. The van der Waals surface area contributed by atoms with E-state index < -0.39 is 6.10 Å². The predicted octanol–water partition coefficient (Wildman–Crippen LogP) is 2.71. The molecule has 6 nitrogen and oxygen atoms in total. The molecule has 0 radical (unpaired) electrons. The smallest absolute Gasteiger partial charge is 0.338 e. The molecule has 0 saturated carbocycles. The van der Waals surface area contributed by atoms with Crippen LogP contribution in [0.5, 0.6) is 0 Å². The van der Waals surface area contributed by atoms with Crippen molar-refractivity contribution in [2.75, 3.05) is 0 Å². The Labute approximate surface area is 133 Å². The van der Waals surface area contributed by atoms with Crippen LogP contribution in [0.3, 0.4) is 0 Å². The third-order valence-corrected chi connectivity index (χ3v) is 3.41. The van der Waals surface area contributed by atoms with E-state index >= 15 is 0 Å². The number of carbonyl (C=O) groups is 1. The molecule has 0 bridgehead atoms. The van der Waals surface area contributed by atoms with Crippen LogP contribution in [0.25, 0.3) is 0 Å². The van der Waals surface area contributed by atoms with Crippen LogP contribution in [0.1, 0.15) is 40.5 Å². The summed E-state index contributed by atoms with van der Waals surface area (Å²) in [5.74, 6) is 0.415. The molecule has 0 fully saturated rings. The van der Waals surface area contributed by atoms with Gasteiger partial charge in [0.2, 0.25) is 0 Å². The minimum atomic E-state index is -0.391. The van der Waals surface area contributed by atoms with Crippen molar-refractivity contribution in [3.05, 3.63) is 77.6 Å². The van der Waals surface area contributed by atoms with Crippen molar-refractivity contribution in [1.82, 2.24) is 20.2 Å². The number of nitrogens with zero attached hydrogens (tertiary/aromatic N) is 3. The molecule has 0 saturated heterocycles. The Balaban J connectivity index is 1.63. The van der Waals surface area contributed by atoms with E-state index in [1.54, 1.807) is 25.3 Å². The molecule has 3 aromatic rings. The lowest BCUT2D eigenvalue weighted by molar-refractivity contribution is 0.0329. The normalized spacial score (nSPS) is 11.9. The molecule has 0 aliphatic rings. The van der Waals surface area contributed by atoms with Gasteiger partial charge in [-0.3, -0.25) is 10.1 Å². The maximum Gasteiger partial charge on any atom is 0.338 e. The highest BCUT2D eigenvalue weighted by Crippen LogP contribution is 2.16. The van der Waals surface area contributed by atoms with Crippen LogP contribution in [0.2, 0.25) is 0 Å². The van der Waals surface area contributed by atoms with Gasteiger partial charge in [0, 0.05) is 12.6 Å². The average Bonchev–Trinajstić information content (AvgIpc) is 3.09. The summed E-state index contributed by atoms with van der Waals surface area (Å²) in [6.45, 7) is 1.80. The number of carbonyl (C=O) groups excluding carboxylic acids is 1. The van der Waals surface area contributed by atoms with Crippen molar-refractivity contribution in [2.24, 2.45) is 0 Å². The summed E-state index contributed by atoms with van der Waals surface area (Å²) in [5, 5.41) is 6.62. The Morgan fingerprint density at radius 2 is 2.00 bits per heavy atom. The van der Waals surface area contributed by atoms with E-state index in [2.05, 4.69) is 20.2 Å². The number of ether oxygens (including phenoxy) is 1. The van der Waals surface area contributed by atoms with Crippen molar-refractivity contribution >= 4 is 5.97 Å². The van der Waals surface area contributed by atoms with Crippen LogP contribution in [-0.2, 0) is 11.2 Å². The molecule has 2 aromatic heterocycles. The second-order valence-corrected chi connectivity index (χ2v) is 5.11. The first-order valence-corrected chi connectivity index (χ1v) is 7.27. The number of aromatic nitrogens is 4. The number of rotatable bonds is 5. The zero-order valence-corrected chi connectivity index (χ0v) is 12.6. The third-order valence-electron chi connectivity index (χ3n) is 3.41. The molecule has 0 spiro atoms. The highest BCUT2D eigenvalue weighted by Gasteiger charge is 2.14. The zero-order chi connectivity index (χ0) is 16.1. The van der Waals surface area contributed by atoms with Crippen LogP contribution in [-0.4, -0.2) is 26.1 Å². The minimum absolute atomic E-state index is 0.366. The Kier molecular flexibility index (Phi) is 4.42. The SMILES string of the molecule is C[C@H](OC(=O)c1ccc(Cc2ncn[nH]2)cc1)c1ccccn1. The van der Waals surface area contributed by atoms with Crippen LogP contribution in [0, 0.1) is 0 Å². The Morgan fingerprint density at radius 3 is 2.65 bits per heavy atom. The molecular weight excluding hydrogens is 292 g/mol. The molecule has 23 heavy (non-hydrogen) atoms. The van der Waals surface area contributed by atoms with E-state index in [1.165, 1.54) is 6.33 Å². The van der Waals surface area contributed by atoms with Crippen molar-refractivity contribution in [3.8, 4) is 0 Å². The molecule has 116 valence electrons. The minimum Gasteiger partial charge on any atom is -0.453 e. The van der Waals surface area contributed by atoms with Gasteiger partial charge in [-0.2, -0.15) is 5.10 Å². The number of pyridine rings is 1. The van der Waals surface area contributed by atoms with E-state index in [9.17, 15) is 4.79 Å². The lowest BCUT2D eigenvalue weighted by Crippen LogP contribution is -2.10. The fourth-order valence-corrected chi connectivity index (χ4v) is 2.17. The molecule has 1 atom stereocenters. The first kappa shape index (κ1) is 14.9. The van der Waals surface area contributed by atoms with E-state index in [-0.39, 0.29) is 5.97 Å². The summed E-state index contributed by atoms with van der Waals surface area (Å²) >= 11 is 0. The number of benzene rings is 1. The topological polar surface area (TPSA) is 80.8 Å². The highest BCUT2D eigenvalue weighted by atomic mass is 16.5. The van der Waals surface area contributed by atoms with E-state index in [1.807, 2.05) is 30.3 Å². The number of hydrogen-bond donors (Lipinski definition) is 1. The number of nitrogens with one attached hydrogen (secondary N) is 1. The van der Waals surface area contributed by atoms with E-state index in [0.29, 0.717) is 12.0 Å². The molecular formula is C17H16N4O2. The predicted molar refractivity (Wildman–Crippen MR) is 83.7 cm³/mol. The van der Waals surface area contributed by atoms with Crippen LogP contribution < -0.4 is 0 Å². The molecule has 1 aromatic carbocycles. The number of aromatic amines is 1. The van der Waals surface area contributed by atoms with Crippen LogP contribution in [0.4, 0.5) is 0 Å². The van der Waals surface area contributed by atoms with Gasteiger partial charge in [0.15, 0.2) is 0 Å². The first-order chi connectivity index (χ1) is 11.2. The van der Waals surface area contributed by atoms with Gasteiger partial charge in [0.05, 0.1) is 11.3 Å². The zero-order valence-electron chi connectivity index (χ0n) is 12.6. The average molecular weight is 308 g/mol. The van der Waals surface area contributed by atoms with Gasteiger partial charge in [-0.05, 0) is 36.8 Å². The fourth-order valence-electron chi connectivity index (χ4n) is 2.17. The summed E-state index contributed by atoms with van der Waals surface area (Å²) in [7, 11) is 0. The van der Waals surface area contributed by atoms with Gasteiger partial charge >= 0.3 is 5.97 Å². The lowest BCUT2D eigenvalue weighted by atomic mass is 10.1. The largest absolute Gasteiger partial charge is 0.453 e. The van der Waals surface area contributed by atoms with Crippen LogP contribution >= 0.6 is 0 Å². The summed E-state index contributed by atoms with van der Waals surface area (Å²) in [5.41, 5.74) is 2.27. The number of esters is 1. The second kappa shape index (κ2) is 6.83. The highest BCUT2D eigenvalue weighted by molar-refractivity contribution is 5.89. The van der Waals surface area contributed by atoms with E-state index in [4.69, 9.17) is 4.74 Å². The lowest BCUT2D eigenvalue weighted by Gasteiger charge is -2.12. The van der Waals surface area contributed by atoms with Crippen molar-refractivity contribution in [1.29, 1.82) is 0 Å². The Morgan fingerprint density at radius 1 is 1.17 bits per heavy atom. The monoisotopic (exact) mass is 308 g/mol. The maximum absolute atomic E-state index is 12.2. The summed E-state index contributed by atoms with van der Waals surface area (Å²) in [4.78, 5) is 20.4. The molecule has 0 aliphatic carbocycles. The van der Waals surface area contributed by atoms with Gasteiger partial charge < -0.3 is 4.74 Å². The number of H-pyrrole nitrogens is 1. The molecule has 0 aliphatic heterocycles. The van der Waals surface area contributed by atoms with Gasteiger partial charge in [-0.15, -0.1) is 0 Å². The first-order valence-electron chi connectivity index (χ1n) is 7.27. The quantitative estimate of drug-likeness (QED) is 0.733. The van der Waals surface area contributed by atoms with Gasteiger partial charge in [0.25, 0.3) is 0 Å². The van der Waals surface area contributed by atoms with Gasteiger partial charge in [0.1, 0.15) is 18.3 Å². The Hall–Kier alpha value is -3.02. The molecule has 2 heterocycles. The van der Waals surface area contributed by atoms with Crippen molar-refractivity contribution in [3.63, 3.8) is 0 Å². The van der Waals surface area contributed by atoms with E-state index in [0.717, 1.165) is 17.1 Å². The van der Waals surface area contributed by atoms with Gasteiger partial charge in [-0.1, -0.05) is 18.2 Å². The van der Waals surface area contributed by atoms with Crippen molar-refractivity contribution in [2.45, 2.75) is 19.4 Å².